The van der Waals surface area contributed by atoms with Crippen LogP contribution in [0.4, 0.5) is 9.18 Å². The van der Waals surface area contributed by atoms with Crippen molar-refractivity contribution in [1.29, 1.82) is 0 Å². The predicted molar refractivity (Wildman–Crippen MR) is 110 cm³/mol. The number of hydrogen-bond donors (Lipinski definition) is 1. The van der Waals surface area contributed by atoms with E-state index < -0.39 is 11.6 Å². The number of carbonyl (C=O) groups excluding carboxylic acids is 2. The van der Waals surface area contributed by atoms with Gasteiger partial charge in [0.25, 0.3) is 5.91 Å². The van der Waals surface area contributed by atoms with Gasteiger partial charge in [-0.15, -0.1) is 11.3 Å². The number of benzene rings is 2. The van der Waals surface area contributed by atoms with Crippen molar-refractivity contribution in [2.45, 2.75) is 32.5 Å². The molecule has 1 atom stereocenters. The third-order valence-corrected chi connectivity index (χ3v) is 5.93. The van der Waals surface area contributed by atoms with E-state index in [1.165, 1.54) is 28.4 Å². The van der Waals surface area contributed by atoms with E-state index in [4.69, 9.17) is 4.74 Å². The number of amides is 3. The van der Waals surface area contributed by atoms with Crippen LogP contribution in [0.15, 0.2) is 53.9 Å². The molecular formula is C22H20FN3O3S. The average Bonchev–Trinajstić information content (AvgIpc) is 3.26. The maximum atomic E-state index is 13.1. The monoisotopic (exact) mass is 425 g/mol. The van der Waals surface area contributed by atoms with Crippen molar-refractivity contribution >= 4 is 23.3 Å². The van der Waals surface area contributed by atoms with Gasteiger partial charge in [-0.05, 0) is 49.2 Å². The number of hydrogen-bond acceptors (Lipinski definition) is 5. The lowest BCUT2D eigenvalue weighted by Gasteiger charge is -2.24. The quantitative estimate of drug-likeness (QED) is 0.603. The van der Waals surface area contributed by atoms with E-state index in [1.807, 2.05) is 31.2 Å². The van der Waals surface area contributed by atoms with Crippen molar-refractivity contribution in [3.63, 3.8) is 0 Å². The molecule has 1 saturated heterocycles. The van der Waals surface area contributed by atoms with Crippen molar-refractivity contribution in [2.24, 2.45) is 0 Å². The summed E-state index contributed by atoms with van der Waals surface area (Å²) in [5.41, 5.74) is 1.21. The highest BCUT2D eigenvalue weighted by Crippen LogP contribution is 2.31. The first-order valence-corrected chi connectivity index (χ1v) is 10.3. The van der Waals surface area contributed by atoms with Crippen LogP contribution >= 0.6 is 11.3 Å². The molecule has 0 bridgehead atoms. The molecule has 0 aliphatic carbocycles. The first-order chi connectivity index (χ1) is 14.4. The number of imide groups is 1. The van der Waals surface area contributed by atoms with Gasteiger partial charge in [0.15, 0.2) is 0 Å². The molecule has 6 nitrogen and oxygen atoms in total. The molecule has 30 heavy (non-hydrogen) atoms. The van der Waals surface area contributed by atoms with Crippen molar-refractivity contribution in [3.05, 3.63) is 81.6 Å². The second-order valence-corrected chi connectivity index (χ2v) is 8.18. The standard InChI is InChI=1S/C22H20FN3O3S/c1-14-5-3-4-6-18(14)22(2)20(27)26(21(28)25-22)11-16-13-30-19(24-16)12-29-17-9-7-15(23)8-10-17/h3-10,13H,11-12H2,1-2H3,(H,25,28). The van der Waals surface area contributed by atoms with Gasteiger partial charge in [0, 0.05) is 5.38 Å². The van der Waals surface area contributed by atoms with E-state index in [1.54, 1.807) is 24.4 Å². The van der Waals surface area contributed by atoms with Crippen molar-refractivity contribution in [2.75, 3.05) is 0 Å². The molecule has 8 heteroatoms. The summed E-state index contributed by atoms with van der Waals surface area (Å²) in [6.45, 7) is 3.94. The van der Waals surface area contributed by atoms with Gasteiger partial charge >= 0.3 is 6.03 Å². The lowest BCUT2D eigenvalue weighted by molar-refractivity contribution is -0.131. The number of carbonyl (C=O) groups is 2. The second kappa shape index (κ2) is 7.87. The molecule has 3 aromatic rings. The molecule has 2 heterocycles. The molecule has 0 saturated carbocycles. The number of aryl methyl sites for hydroxylation is 1. The molecule has 1 fully saturated rings. The molecule has 154 valence electrons. The van der Waals surface area contributed by atoms with Crippen LogP contribution in [-0.2, 0) is 23.5 Å². The number of thiazole rings is 1. The van der Waals surface area contributed by atoms with E-state index in [0.29, 0.717) is 16.5 Å². The fourth-order valence-electron chi connectivity index (χ4n) is 3.48. The number of nitrogens with zero attached hydrogens (tertiary/aromatic N) is 2. The fourth-order valence-corrected chi connectivity index (χ4v) is 4.18. The van der Waals surface area contributed by atoms with E-state index in [2.05, 4.69) is 10.3 Å². The Kier molecular flexibility index (Phi) is 5.26. The predicted octanol–water partition coefficient (Wildman–Crippen LogP) is 4.14. The Morgan fingerprint density at radius 3 is 2.63 bits per heavy atom. The van der Waals surface area contributed by atoms with Gasteiger partial charge in [0.1, 0.15) is 28.7 Å². The number of halogens is 1. The number of ether oxygens (including phenoxy) is 1. The minimum atomic E-state index is -1.10. The Hall–Kier alpha value is -3.26. The maximum absolute atomic E-state index is 13.1. The van der Waals surface area contributed by atoms with Crippen LogP contribution in [0.3, 0.4) is 0 Å². The van der Waals surface area contributed by atoms with E-state index in [9.17, 15) is 14.0 Å². The largest absolute Gasteiger partial charge is 0.486 e. The van der Waals surface area contributed by atoms with Gasteiger partial charge in [-0.1, -0.05) is 24.3 Å². The minimum absolute atomic E-state index is 0.0825. The molecule has 1 aromatic heterocycles. The zero-order valence-corrected chi connectivity index (χ0v) is 17.3. The summed E-state index contributed by atoms with van der Waals surface area (Å²) in [6.07, 6.45) is 0. The number of rotatable bonds is 6. The van der Waals surface area contributed by atoms with E-state index in [0.717, 1.165) is 11.1 Å². The Balaban J connectivity index is 1.44. The Labute approximate surface area is 177 Å². The number of aromatic nitrogens is 1. The molecule has 2 aromatic carbocycles. The molecule has 1 unspecified atom stereocenters. The summed E-state index contributed by atoms with van der Waals surface area (Å²) >= 11 is 1.38. The van der Waals surface area contributed by atoms with Gasteiger partial charge in [-0.3, -0.25) is 9.69 Å². The van der Waals surface area contributed by atoms with Crippen LogP contribution in [0.5, 0.6) is 5.75 Å². The topological polar surface area (TPSA) is 71.5 Å². The Morgan fingerprint density at radius 1 is 1.17 bits per heavy atom. The van der Waals surface area contributed by atoms with Gasteiger partial charge in [0.2, 0.25) is 0 Å². The normalized spacial score (nSPS) is 18.6. The van der Waals surface area contributed by atoms with Crippen molar-refractivity contribution in [3.8, 4) is 5.75 Å². The fraction of sp³-hybridized carbons (Fsp3) is 0.227. The molecule has 0 spiro atoms. The third-order valence-electron chi connectivity index (χ3n) is 5.05. The molecule has 0 radical (unpaired) electrons. The summed E-state index contributed by atoms with van der Waals surface area (Å²) in [4.78, 5) is 31.3. The van der Waals surface area contributed by atoms with Crippen LogP contribution in [0.1, 0.15) is 28.8 Å². The van der Waals surface area contributed by atoms with Crippen LogP contribution in [0, 0.1) is 12.7 Å². The van der Waals surface area contributed by atoms with Gasteiger partial charge in [0.05, 0.1) is 12.2 Å². The second-order valence-electron chi connectivity index (χ2n) is 7.24. The van der Waals surface area contributed by atoms with Crippen molar-refractivity contribution < 1.29 is 18.7 Å². The SMILES string of the molecule is Cc1ccccc1C1(C)NC(=O)N(Cc2csc(COc3ccc(F)cc3)n2)C1=O. The molecule has 4 rings (SSSR count). The zero-order chi connectivity index (χ0) is 21.3. The first kappa shape index (κ1) is 20.0. The summed E-state index contributed by atoms with van der Waals surface area (Å²) in [5.74, 6) is -0.0969. The van der Waals surface area contributed by atoms with Gasteiger partial charge in [-0.25, -0.2) is 14.2 Å². The number of nitrogens with one attached hydrogen (secondary N) is 1. The van der Waals surface area contributed by atoms with Crippen LogP contribution in [-0.4, -0.2) is 21.8 Å². The van der Waals surface area contributed by atoms with Crippen LogP contribution in [0.25, 0.3) is 0 Å². The Morgan fingerprint density at radius 2 is 1.90 bits per heavy atom. The van der Waals surface area contributed by atoms with Gasteiger partial charge in [-0.2, -0.15) is 0 Å². The first-order valence-electron chi connectivity index (χ1n) is 9.39. The maximum Gasteiger partial charge on any atom is 0.325 e. The average molecular weight is 425 g/mol. The lowest BCUT2D eigenvalue weighted by atomic mass is 9.88. The van der Waals surface area contributed by atoms with E-state index >= 15 is 0 Å². The minimum Gasteiger partial charge on any atom is -0.486 e. The molecule has 1 N–H and O–H groups in total. The Bertz CT molecular complexity index is 1100. The summed E-state index contributed by atoms with van der Waals surface area (Å²) < 4.78 is 18.6. The highest BCUT2D eigenvalue weighted by Gasteiger charge is 2.49. The molecule has 3 amide bonds. The summed E-state index contributed by atoms with van der Waals surface area (Å²) in [5, 5.41) is 5.32. The van der Waals surface area contributed by atoms with Crippen molar-refractivity contribution in [1.82, 2.24) is 15.2 Å². The molecule has 1 aliphatic heterocycles. The summed E-state index contributed by atoms with van der Waals surface area (Å²) in [6, 6.07) is 12.8. The van der Waals surface area contributed by atoms with Crippen LogP contribution < -0.4 is 10.1 Å². The molecular weight excluding hydrogens is 405 g/mol. The lowest BCUT2D eigenvalue weighted by Crippen LogP contribution is -2.41. The van der Waals surface area contributed by atoms with Crippen LogP contribution in [0.2, 0.25) is 0 Å². The number of urea groups is 1. The van der Waals surface area contributed by atoms with Gasteiger partial charge < -0.3 is 10.1 Å². The zero-order valence-electron chi connectivity index (χ0n) is 16.5. The van der Waals surface area contributed by atoms with E-state index in [-0.39, 0.29) is 24.9 Å². The summed E-state index contributed by atoms with van der Waals surface area (Å²) in [7, 11) is 0. The highest BCUT2D eigenvalue weighted by molar-refractivity contribution is 7.09. The third kappa shape index (κ3) is 3.78. The molecule has 1 aliphatic rings. The highest BCUT2D eigenvalue weighted by atomic mass is 32.1. The smallest absolute Gasteiger partial charge is 0.325 e.